The minimum Gasteiger partial charge on any atom is -0.452 e. The SMILES string of the molecule is Cc1cc(NC(=O)COC(=O)C=Cc2ccc(OC(F)F)cc2)n(-c2ccccc2)n1. The predicted molar refractivity (Wildman–Crippen MR) is 110 cm³/mol. The normalized spacial score (nSPS) is 11.0. The Morgan fingerprint density at radius 1 is 1.13 bits per heavy atom. The van der Waals surface area contributed by atoms with Gasteiger partial charge in [0.15, 0.2) is 6.61 Å². The van der Waals surface area contributed by atoms with Crippen LogP contribution in [0.15, 0.2) is 66.7 Å². The summed E-state index contributed by atoms with van der Waals surface area (Å²) in [6.07, 6.45) is 2.56. The van der Waals surface area contributed by atoms with Gasteiger partial charge in [0.1, 0.15) is 11.6 Å². The molecule has 1 heterocycles. The van der Waals surface area contributed by atoms with Crippen LogP contribution in [0.1, 0.15) is 11.3 Å². The van der Waals surface area contributed by atoms with Crippen molar-refractivity contribution >= 4 is 23.8 Å². The van der Waals surface area contributed by atoms with Crippen LogP contribution in [0.25, 0.3) is 11.8 Å². The average molecular weight is 427 g/mol. The first-order valence-corrected chi connectivity index (χ1v) is 9.22. The molecule has 1 N–H and O–H groups in total. The minimum atomic E-state index is -2.90. The molecule has 0 saturated carbocycles. The molecule has 2 aromatic carbocycles. The lowest BCUT2D eigenvalue weighted by molar-refractivity contribution is -0.142. The lowest BCUT2D eigenvalue weighted by atomic mass is 10.2. The maximum atomic E-state index is 12.2. The Labute approximate surface area is 176 Å². The number of nitrogens with one attached hydrogen (secondary N) is 1. The number of alkyl halides is 2. The van der Waals surface area contributed by atoms with Crippen LogP contribution in [0.4, 0.5) is 14.6 Å². The number of nitrogens with zero attached hydrogens (tertiary/aromatic N) is 2. The van der Waals surface area contributed by atoms with Gasteiger partial charge in [-0.3, -0.25) is 4.79 Å². The van der Waals surface area contributed by atoms with Crippen molar-refractivity contribution in [3.8, 4) is 11.4 Å². The summed E-state index contributed by atoms with van der Waals surface area (Å²) in [5.74, 6) is -0.786. The average Bonchev–Trinajstić information content (AvgIpc) is 3.12. The molecule has 31 heavy (non-hydrogen) atoms. The van der Waals surface area contributed by atoms with E-state index in [1.807, 2.05) is 30.3 Å². The maximum absolute atomic E-state index is 12.2. The van der Waals surface area contributed by atoms with Crippen LogP contribution in [-0.4, -0.2) is 34.9 Å². The number of hydrogen-bond acceptors (Lipinski definition) is 5. The highest BCUT2D eigenvalue weighted by molar-refractivity contribution is 5.94. The predicted octanol–water partition coefficient (Wildman–Crippen LogP) is 3.98. The van der Waals surface area contributed by atoms with E-state index in [1.165, 1.54) is 30.3 Å². The van der Waals surface area contributed by atoms with Crippen molar-refractivity contribution in [2.45, 2.75) is 13.5 Å². The quantitative estimate of drug-likeness (QED) is 0.434. The third-order valence-corrected chi connectivity index (χ3v) is 3.96. The van der Waals surface area contributed by atoms with Crippen molar-refractivity contribution in [2.75, 3.05) is 11.9 Å². The third-order valence-electron chi connectivity index (χ3n) is 3.96. The fraction of sp³-hybridized carbons (Fsp3) is 0.136. The number of para-hydroxylation sites is 1. The number of rotatable bonds is 8. The smallest absolute Gasteiger partial charge is 0.387 e. The van der Waals surface area contributed by atoms with Crippen molar-refractivity contribution in [1.82, 2.24) is 9.78 Å². The first kappa shape index (κ1) is 21.7. The molecule has 1 aromatic heterocycles. The number of carbonyl (C=O) groups excluding carboxylic acids is 2. The van der Waals surface area contributed by atoms with Crippen molar-refractivity contribution in [3.05, 3.63) is 78.0 Å². The van der Waals surface area contributed by atoms with Crippen molar-refractivity contribution in [3.63, 3.8) is 0 Å². The number of benzene rings is 2. The number of esters is 1. The topological polar surface area (TPSA) is 82.5 Å². The molecule has 9 heteroatoms. The molecule has 160 valence electrons. The molecule has 3 aromatic rings. The zero-order valence-corrected chi connectivity index (χ0v) is 16.5. The van der Waals surface area contributed by atoms with Gasteiger partial charge in [-0.2, -0.15) is 13.9 Å². The molecule has 0 aliphatic rings. The summed E-state index contributed by atoms with van der Waals surface area (Å²) in [5.41, 5.74) is 2.06. The molecular formula is C22H19F2N3O4. The number of carbonyl (C=O) groups is 2. The Hall–Kier alpha value is -4.01. The molecule has 0 unspecified atom stereocenters. The molecule has 0 atom stereocenters. The van der Waals surface area contributed by atoms with E-state index < -0.39 is 25.1 Å². The number of hydrogen-bond donors (Lipinski definition) is 1. The van der Waals surface area contributed by atoms with Crippen LogP contribution in [-0.2, 0) is 14.3 Å². The number of aryl methyl sites for hydroxylation is 1. The standard InChI is InChI=1S/C22H19F2N3O4/c1-15-13-19(27(26-15)17-5-3-2-4-6-17)25-20(28)14-30-21(29)12-9-16-7-10-18(11-8-16)31-22(23)24/h2-13,22H,14H2,1H3,(H,25,28). The maximum Gasteiger partial charge on any atom is 0.387 e. The summed E-state index contributed by atoms with van der Waals surface area (Å²) < 4.78 is 35.0. The summed E-state index contributed by atoms with van der Waals surface area (Å²) in [6.45, 7) is -1.59. The summed E-state index contributed by atoms with van der Waals surface area (Å²) in [7, 11) is 0. The largest absolute Gasteiger partial charge is 0.452 e. The minimum absolute atomic E-state index is 0.0105. The first-order chi connectivity index (χ1) is 14.9. The highest BCUT2D eigenvalue weighted by Crippen LogP contribution is 2.17. The molecule has 0 aliphatic heterocycles. The number of halogens is 2. The zero-order chi connectivity index (χ0) is 22.2. The van der Waals surface area contributed by atoms with Crippen LogP contribution >= 0.6 is 0 Å². The number of amides is 1. The second-order valence-corrected chi connectivity index (χ2v) is 6.36. The van der Waals surface area contributed by atoms with E-state index in [0.717, 1.165) is 11.8 Å². The second kappa shape index (κ2) is 10.1. The Morgan fingerprint density at radius 3 is 2.52 bits per heavy atom. The molecule has 0 bridgehead atoms. The summed E-state index contributed by atoms with van der Waals surface area (Å²) >= 11 is 0. The molecule has 0 fully saturated rings. The molecule has 0 aliphatic carbocycles. The van der Waals surface area contributed by atoms with Crippen LogP contribution in [0.5, 0.6) is 5.75 Å². The summed E-state index contributed by atoms with van der Waals surface area (Å²) in [5, 5.41) is 7.01. The van der Waals surface area contributed by atoms with Gasteiger partial charge in [0.05, 0.1) is 11.4 Å². The highest BCUT2D eigenvalue weighted by Gasteiger charge is 2.12. The fourth-order valence-electron chi connectivity index (χ4n) is 2.64. The van der Waals surface area contributed by atoms with E-state index in [2.05, 4.69) is 15.2 Å². The first-order valence-electron chi connectivity index (χ1n) is 9.22. The molecular weight excluding hydrogens is 408 g/mol. The van der Waals surface area contributed by atoms with Gasteiger partial charge < -0.3 is 14.8 Å². The highest BCUT2D eigenvalue weighted by atomic mass is 19.3. The van der Waals surface area contributed by atoms with Gasteiger partial charge >= 0.3 is 12.6 Å². The van der Waals surface area contributed by atoms with E-state index in [0.29, 0.717) is 17.1 Å². The Kier molecular flexibility index (Phi) is 7.10. The molecule has 1 amide bonds. The van der Waals surface area contributed by atoms with Crippen LogP contribution in [0.2, 0.25) is 0 Å². The van der Waals surface area contributed by atoms with Crippen molar-refractivity contribution < 1.29 is 27.8 Å². The Balaban J connectivity index is 1.52. The van der Waals surface area contributed by atoms with E-state index >= 15 is 0 Å². The molecule has 3 rings (SSSR count). The molecule has 7 nitrogen and oxygen atoms in total. The van der Waals surface area contributed by atoms with E-state index in [4.69, 9.17) is 4.74 Å². The van der Waals surface area contributed by atoms with Crippen LogP contribution < -0.4 is 10.1 Å². The van der Waals surface area contributed by atoms with Gasteiger partial charge in [-0.15, -0.1) is 0 Å². The third kappa shape index (κ3) is 6.49. The molecule has 0 radical (unpaired) electrons. The number of aromatic nitrogens is 2. The van der Waals surface area contributed by atoms with Crippen molar-refractivity contribution in [2.24, 2.45) is 0 Å². The van der Waals surface area contributed by atoms with Crippen LogP contribution in [0.3, 0.4) is 0 Å². The number of anilines is 1. The summed E-state index contributed by atoms with van der Waals surface area (Å²) in [6, 6.07) is 16.7. The van der Waals surface area contributed by atoms with Gasteiger partial charge in [-0.1, -0.05) is 30.3 Å². The second-order valence-electron chi connectivity index (χ2n) is 6.36. The van der Waals surface area contributed by atoms with E-state index in [9.17, 15) is 18.4 Å². The van der Waals surface area contributed by atoms with Crippen molar-refractivity contribution in [1.29, 1.82) is 0 Å². The van der Waals surface area contributed by atoms with Gasteiger partial charge in [-0.25, -0.2) is 9.48 Å². The molecule has 0 spiro atoms. The van der Waals surface area contributed by atoms with E-state index in [1.54, 1.807) is 17.7 Å². The van der Waals surface area contributed by atoms with E-state index in [-0.39, 0.29) is 5.75 Å². The fourth-order valence-corrected chi connectivity index (χ4v) is 2.64. The Bertz CT molecular complexity index is 1060. The lowest BCUT2D eigenvalue weighted by Crippen LogP contribution is -2.21. The van der Waals surface area contributed by atoms with Gasteiger partial charge in [0, 0.05) is 12.1 Å². The summed E-state index contributed by atoms with van der Waals surface area (Å²) in [4.78, 5) is 24.0. The monoisotopic (exact) mass is 427 g/mol. The zero-order valence-electron chi connectivity index (χ0n) is 16.5. The molecule has 0 saturated heterocycles. The van der Waals surface area contributed by atoms with Gasteiger partial charge in [-0.05, 0) is 42.8 Å². The van der Waals surface area contributed by atoms with Gasteiger partial charge in [0.25, 0.3) is 5.91 Å². The van der Waals surface area contributed by atoms with Crippen LogP contribution in [0, 0.1) is 6.92 Å². The Morgan fingerprint density at radius 2 is 1.84 bits per heavy atom. The van der Waals surface area contributed by atoms with Gasteiger partial charge in [0.2, 0.25) is 0 Å². The lowest BCUT2D eigenvalue weighted by Gasteiger charge is -2.08. The number of ether oxygens (including phenoxy) is 2.